The molecule has 1 N–H and O–H groups in total. The first-order chi connectivity index (χ1) is 14.8. The maximum atomic E-state index is 10.5. The van der Waals surface area contributed by atoms with Gasteiger partial charge in [0.05, 0.1) is 10.9 Å². The molecule has 1 atom stereocenters. The predicted octanol–water partition coefficient (Wildman–Crippen LogP) is 5.81. The fourth-order valence-electron chi connectivity index (χ4n) is 3.88. The van der Waals surface area contributed by atoms with Gasteiger partial charge in [0.25, 0.3) is 10.1 Å². The lowest BCUT2D eigenvalue weighted by Crippen LogP contribution is -2.34. The van der Waals surface area contributed by atoms with Crippen LogP contribution in [0, 0.1) is 13.8 Å². The van der Waals surface area contributed by atoms with Crippen LogP contribution in [0.15, 0.2) is 83.8 Å². The van der Waals surface area contributed by atoms with Crippen LogP contribution in [0.3, 0.4) is 0 Å². The van der Waals surface area contributed by atoms with E-state index in [9.17, 15) is 8.42 Å². The first-order valence-electron chi connectivity index (χ1n) is 10.7. The first-order valence-corrected chi connectivity index (χ1v) is 12.2. The highest BCUT2D eigenvalue weighted by Crippen LogP contribution is 2.31. The van der Waals surface area contributed by atoms with E-state index in [-0.39, 0.29) is 4.90 Å². The largest absolute Gasteiger partial charge is 0.294 e. The molecule has 0 saturated carbocycles. The second-order valence-electron chi connectivity index (χ2n) is 8.11. The van der Waals surface area contributed by atoms with Crippen molar-refractivity contribution >= 4 is 10.1 Å². The third-order valence-corrected chi connectivity index (χ3v) is 6.45. The number of likely N-dealkylation sites (tertiary alicyclic amines) is 1. The summed E-state index contributed by atoms with van der Waals surface area (Å²) >= 11 is 0. The van der Waals surface area contributed by atoms with Gasteiger partial charge >= 0.3 is 0 Å². The van der Waals surface area contributed by atoms with Gasteiger partial charge in [-0.25, -0.2) is 0 Å². The monoisotopic (exact) mass is 437 g/mol. The van der Waals surface area contributed by atoms with Crippen molar-refractivity contribution in [2.75, 3.05) is 13.1 Å². The van der Waals surface area contributed by atoms with Crippen LogP contribution in [0.4, 0.5) is 0 Å². The maximum Gasteiger partial charge on any atom is 0.294 e. The van der Waals surface area contributed by atoms with Gasteiger partial charge in [0.1, 0.15) is 0 Å². The second-order valence-corrected chi connectivity index (χ2v) is 9.53. The minimum Gasteiger partial charge on any atom is -0.292 e. The minimum absolute atomic E-state index is 0.0666. The van der Waals surface area contributed by atoms with Crippen LogP contribution in [0.2, 0.25) is 0 Å². The summed E-state index contributed by atoms with van der Waals surface area (Å²) in [5.41, 5.74) is 5.12. The van der Waals surface area contributed by atoms with Crippen molar-refractivity contribution in [1.82, 2.24) is 4.90 Å². The van der Waals surface area contributed by atoms with E-state index in [1.54, 1.807) is 12.1 Å². The van der Waals surface area contributed by atoms with E-state index in [0.717, 1.165) is 5.56 Å². The number of nitrogens with zero attached hydrogens (tertiary/aromatic N) is 1. The van der Waals surface area contributed by atoms with E-state index in [4.69, 9.17) is 4.55 Å². The Hall–Kier alpha value is -2.47. The van der Waals surface area contributed by atoms with Crippen molar-refractivity contribution in [2.24, 2.45) is 0 Å². The van der Waals surface area contributed by atoms with Crippen molar-refractivity contribution in [3.8, 4) is 0 Å². The topological polar surface area (TPSA) is 57.6 Å². The molecule has 0 bridgehead atoms. The molecule has 0 spiro atoms. The number of hydrogen-bond acceptors (Lipinski definition) is 3. The van der Waals surface area contributed by atoms with E-state index < -0.39 is 10.1 Å². The zero-order valence-corrected chi connectivity index (χ0v) is 19.1. The van der Waals surface area contributed by atoms with E-state index in [1.807, 2.05) is 6.92 Å². The molecular formula is C26H31NO3S. The number of benzene rings is 3. The molecule has 3 aromatic carbocycles. The maximum absolute atomic E-state index is 10.5. The summed E-state index contributed by atoms with van der Waals surface area (Å²) in [6.45, 7) is 6.43. The summed E-state index contributed by atoms with van der Waals surface area (Å²) in [6.07, 6.45) is 4.04. The van der Waals surface area contributed by atoms with Gasteiger partial charge < -0.3 is 0 Å². The molecule has 1 aliphatic rings. The van der Waals surface area contributed by atoms with E-state index in [2.05, 4.69) is 66.4 Å². The van der Waals surface area contributed by atoms with Crippen LogP contribution in [-0.2, 0) is 10.1 Å². The van der Waals surface area contributed by atoms with Gasteiger partial charge in [-0.05, 0) is 63.0 Å². The lowest BCUT2D eigenvalue weighted by atomic mass is 9.94. The molecule has 1 unspecified atom stereocenters. The average molecular weight is 438 g/mol. The molecule has 3 aromatic rings. The van der Waals surface area contributed by atoms with Gasteiger partial charge in [0.2, 0.25) is 0 Å². The van der Waals surface area contributed by atoms with Crippen molar-refractivity contribution < 1.29 is 13.0 Å². The van der Waals surface area contributed by atoms with Crippen molar-refractivity contribution in [3.63, 3.8) is 0 Å². The summed E-state index contributed by atoms with van der Waals surface area (Å²) in [4.78, 5) is 2.58. The van der Waals surface area contributed by atoms with Crippen LogP contribution in [-0.4, -0.2) is 31.0 Å². The van der Waals surface area contributed by atoms with E-state index in [0.29, 0.717) is 6.04 Å². The summed E-state index contributed by atoms with van der Waals surface area (Å²) in [7, 11) is -4.02. The smallest absolute Gasteiger partial charge is 0.292 e. The highest BCUT2D eigenvalue weighted by Gasteiger charge is 2.23. The standard InChI is InChI=1S/C19H23N.C7H8O3S/c1-16-10-12-18(13-11-16)19(17-8-4-2-5-9-17)20-14-6-3-7-15-20;1-6-2-4-7(5-3-6)11(8,9)10/h2,4-5,8-13,19H,3,6-7,14-15H2,1H3;2-5H,1H3,(H,8,9,10). The Labute approximate surface area is 186 Å². The summed E-state index contributed by atoms with van der Waals surface area (Å²) in [5, 5.41) is 0. The Morgan fingerprint density at radius 2 is 1.19 bits per heavy atom. The highest BCUT2D eigenvalue weighted by atomic mass is 32.2. The van der Waals surface area contributed by atoms with Gasteiger partial charge in [-0.2, -0.15) is 8.42 Å². The van der Waals surface area contributed by atoms with Crippen molar-refractivity contribution in [1.29, 1.82) is 0 Å². The molecule has 1 fully saturated rings. The summed E-state index contributed by atoms with van der Waals surface area (Å²) in [5.74, 6) is 0. The third kappa shape index (κ3) is 6.76. The molecule has 0 radical (unpaired) electrons. The SMILES string of the molecule is Cc1ccc(C(c2ccccc2)N2CCCCC2)cc1.Cc1ccc(S(=O)(=O)O)cc1. The molecule has 0 aromatic heterocycles. The number of rotatable bonds is 4. The first kappa shape index (κ1) is 23.2. The molecule has 1 heterocycles. The fraction of sp³-hybridized carbons (Fsp3) is 0.308. The average Bonchev–Trinajstić information content (AvgIpc) is 2.77. The Kier molecular flexibility index (Phi) is 8.02. The van der Waals surface area contributed by atoms with Crippen molar-refractivity contribution in [3.05, 3.63) is 101 Å². The molecule has 164 valence electrons. The Morgan fingerprint density at radius 1 is 0.710 bits per heavy atom. The van der Waals surface area contributed by atoms with Crippen molar-refractivity contribution in [2.45, 2.75) is 44.0 Å². The van der Waals surface area contributed by atoms with E-state index >= 15 is 0 Å². The van der Waals surface area contributed by atoms with Gasteiger partial charge in [0, 0.05) is 0 Å². The molecule has 0 amide bonds. The van der Waals surface area contributed by atoms with Gasteiger partial charge in [0.15, 0.2) is 0 Å². The van der Waals surface area contributed by atoms with Crippen LogP contribution in [0.5, 0.6) is 0 Å². The lowest BCUT2D eigenvalue weighted by molar-refractivity contribution is 0.187. The number of hydrogen-bond donors (Lipinski definition) is 1. The predicted molar refractivity (Wildman–Crippen MR) is 126 cm³/mol. The molecule has 31 heavy (non-hydrogen) atoms. The fourth-order valence-corrected chi connectivity index (χ4v) is 4.36. The Balaban J connectivity index is 0.000000210. The third-order valence-electron chi connectivity index (χ3n) is 5.58. The molecular weight excluding hydrogens is 406 g/mol. The summed E-state index contributed by atoms with van der Waals surface area (Å²) in [6, 6.07) is 26.4. The molecule has 5 heteroatoms. The second kappa shape index (κ2) is 10.7. The quantitative estimate of drug-likeness (QED) is 0.523. The number of piperidine rings is 1. The van der Waals surface area contributed by atoms with E-state index in [1.165, 1.54) is 61.2 Å². The molecule has 1 saturated heterocycles. The molecule has 4 rings (SSSR count). The highest BCUT2D eigenvalue weighted by molar-refractivity contribution is 7.85. The molecule has 1 aliphatic heterocycles. The van der Waals surface area contributed by atoms with Gasteiger partial charge in [-0.3, -0.25) is 9.45 Å². The van der Waals surface area contributed by atoms with Crippen LogP contribution < -0.4 is 0 Å². The van der Waals surface area contributed by atoms with Crippen LogP contribution >= 0.6 is 0 Å². The van der Waals surface area contributed by atoms with Crippen LogP contribution in [0.1, 0.15) is 47.6 Å². The zero-order chi connectivity index (χ0) is 22.3. The van der Waals surface area contributed by atoms with Gasteiger partial charge in [-0.1, -0.05) is 84.3 Å². The summed E-state index contributed by atoms with van der Waals surface area (Å²) < 4.78 is 29.6. The molecule has 4 nitrogen and oxygen atoms in total. The normalized spacial score (nSPS) is 15.6. The number of aryl methyl sites for hydroxylation is 2. The minimum atomic E-state index is -4.02. The zero-order valence-electron chi connectivity index (χ0n) is 18.2. The van der Waals surface area contributed by atoms with Gasteiger partial charge in [-0.15, -0.1) is 0 Å². The molecule has 0 aliphatic carbocycles. The lowest BCUT2D eigenvalue weighted by Gasteiger charge is -2.35. The Bertz CT molecular complexity index is 1040. The Morgan fingerprint density at radius 3 is 1.71 bits per heavy atom. The van der Waals surface area contributed by atoms with Crippen LogP contribution in [0.25, 0.3) is 0 Å².